The molecule has 0 aliphatic heterocycles. The lowest BCUT2D eigenvalue weighted by Gasteiger charge is -2.17. The standard InChI is InChI=1S/C16H19F3N4O3S/c1-9(2)26-13-7-10(27(4,24)25)5-6-12(13)22-15-21-8-11(16(17,18)19)14(20-3)23-15/h5-9H,1-4H3,(H2,20,21,22,23). The number of anilines is 3. The van der Waals surface area contributed by atoms with Crippen LogP contribution in [0.4, 0.5) is 30.6 Å². The Labute approximate surface area is 154 Å². The molecule has 7 nitrogen and oxygen atoms in total. The Morgan fingerprint density at radius 2 is 1.89 bits per heavy atom. The Kier molecular flexibility index (Phi) is 5.83. The minimum absolute atomic E-state index is 0.0490. The van der Waals surface area contributed by atoms with Crippen molar-refractivity contribution in [2.24, 2.45) is 0 Å². The van der Waals surface area contributed by atoms with Crippen molar-refractivity contribution < 1.29 is 26.3 Å². The number of ether oxygens (including phenoxy) is 1. The van der Waals surface area contributed by atoms with E-state index in [1.807, 2.05) is 0 Å². The lowest BCUT2D eigenvalue weighted by atomic mass is 10.2. The van der Waals surface area contributed by atoms with Gasteiger partial charge in [0, 0.05) is 25.6 Å². The van der Waals surface area contributed by atoms with E-state index in [1.165, 1.54) is 25.2 Å². The van der Waals surface area contributed by atoms with Crippen molar-refractivity contribution in [2.45, 2.75) is 31.0 Å². The summed E-state index contributed by atoms with van der Waals surface area (Å²) >= 11 is 0. The van der Waals surface area contributed by atoms with Gasteiger partial charge in [0.2, 0.25) is 5.95 Å². The van der Waals surface area contributed by atoms with Gasteiger partial charge in [-0.15, -0.1) is 0 Å². The van der Waals surface area contributed by atoms with E-state index in [1.54, 1.807) is 13.8 Å². The van der Waals surface area contributed by atoms with E-state index in [0.717, 1.165) is 6.26 Å². The zero-order chi connectivity index (χ0) is 20.4. The van der Waals surface area contributed by atoms with Crippen LogP contribution in [0.5, 0.6) is 5.75 Å². The highest BCUT2D eigenvalue weighted by Crippen LogP contribution is 2.35. The van der Waals surface area contributed by atoms with Crippen molar-refractivity contribution >= 4 is 27.3 Å². The third kappa shape index (κ3) is 5.22. The van der Waals surface area contributed by atoms with Crippen LogP contribution in [0.3, 0.4) is 0 Å². The number of hydrogen-bond acceptors (Lipinski definition) is 7. The van der Waals surface area contributed by atoms with E-state index in [0.29, 0.717) is 11.9 Å². The molecule has 0 aliphatic rings. The van der Waals surface area contributed by atoms with Crippen molar-refractivity contribution in [3.8, 4) is 5.75 Å². The third-order valence-electron chi connectivity index (χ3n) is 3.32. The predicted octanol–water partition coefficient (Wildman–Crippen LogP) is 3.47. The molecule has 0 bridgehead atoms. The van der Waals surface area contributed by atoms with Gasteiger partial charge in [-0.2, -0.15) is 18.2 Å². The van der Waals surface area contributed by atoms with Crippen LogP contribution >= 0.6 is 0 Å². The molecular formula is C16H19F3N4O3S. The first-order chi connectivity index (χ1) is 12.4. The molecule has 2 N–H and O–H groups in total. The monoisotopic (exact) mass is 404 g/mol. The van der Waals surface area contributed by atoms with Gasteiger partial charge in [-0.05, 0) is 26.0 Å². The molecule has 0 radical (unpaired) electrons. The second-order valence-corrected chi connectivity index (χ2v) is 7.94. The second-order valence-electron chi connectivity index (χ2n) is 5.93. The number of benzene rings is 1. The lowest BCUT2D eigenvalue weighted by Crippen LogP contribution is -2.13. The minimum atomic E-state index is -4.60. The average Bonchev–Trinajstić information content (AvgIpc) is 2.53. The Morgan fingerprint density at radius 3 is 2.41 bits per heavy atom. The first-order valence-electron chi connectivity index (χ1n) is 7.81. The Hall–Kier alpha value is -2.56. The van der Waals surface area contributed by atoms with Crippen LogP contribution < -0.4 is 15.4 Å². The number of nitrogens with zero attached hydrogens (tertiary/aromatic N) is 2. The van der Waals surface area contributed by atoms with E-state index in [2.05, 4.69) is 20.6 Å². The summed E-state index contributed by atoms with van der Waals surface area (Å²) in [4.78, 5) is 7.55. The Morgan fingerprint density at radius 1 is 1.22 bits per heavy atom. The van der Waals surface area contributed by atoms with Crippen LogP contribution in [0.25, 0.3) is 0 Å². The molecule has 0 aliphatic carbocycles. The minimum Gasteiger partial charge on any atom is -0.489 e. The quantitative estimate of drug-likeness (QED) is 0.761. The molecule has 0 fully saturated rings. The first-order valence-corrected chi connectivity index (χ1v) is 9.70. The van der Waals surface area contributed by atoms with Crippen molar-refractivity contribution in [2.75, 3.05) is 23.9 Å². The molecule has 11 heteroatoms. The zero-order valence-electron chi connectivity index (χ0n) is 15.0. The lowest BCUT2D eigenvalue weighted by molar-refractivity contribution is -0.137. The van der Waals surface area contributed by atoms with Crippen LogP contribution in [-0.2, 0) is 16.0 Å². The number of aromatic nitrogens is 2. The molecule has 2 rings (SSSR count). The second kappa shape index (κ2) is 7.59. The highest BCUT2D eigenvalue weighted by molar-refractivity contribution is 7.90. The molecule has 0 saturated carbocycles. The predicted molar refractivity (Wildman–Crippen MR) is 95.2 cm³/mol. The molecule has 0 atom stereocenters. The maximum absolute atomic E-state index is 12.9. The zero-order valence-corrected chi connectivity index (χ0v) is 15.9. The van der Waals surface area contributed by atoms with Crippen molar-refractivity contribution in [3.05, 3.63) is 30.0 Å². The molecule has 1 aromatic carbocycles. The summed E-state index contributed by atoms with van der Waals surface area (Å²) in [5.41, 5.74) is -0.681. The van der Waals surface area contributed by atoms with Gasteiger partial charge in [-0.3, -0.25) is 0 Å². The molecule has 1 heterocycles. The van der Waals surface area contributed by atoms with Crippen molar-refractivity contribution in [3.63, 3.8) is 0 Å². The summed E-state index contributed by atoms with van der Waals surface area (Å²) in [6, 6.07) is 4.13. The number of nitrogens with one attached hydrogen (secondary N) is 2. The molecule has 0 saturated heterocycles. The van der Waals surface area contributed by atoms with E-state index in [-0.39, 0.29) is 28.5 Å². The van der Waals surface area contributed by atoms with E-state index in [4.69, 9.17) is 4.74 Å². The van der Waals surface area contributed by atoms with Crippen LogP contribution in [0.1, 0.15) is 19.4 Å². The van der Waals surface area contributed by atoms with Gasteiger partial charge in [0.05, 0.1) is 16.7 Å². The van der Waals surface area contributed by atoms with E-state index in [9.17, 15) is 21.6 Å². The summed E-state index contributed by atoms with van der Waals surface area (Å²) in [6.45, 7) is 3.51. The molecular weight excluding hydrogens is 385 g/mol. The number of alkyl halides is 3. The van der Waals surface area contributed by atoms with Gasteiger partial charge in [-0.25, -0.2) is 13.4 Å². The number of hydrogen-bond donors (Lipinski definition) is 2. The maximum Gasteiger partial charge on any atom is 0.421 e. The van der Waals surface area contributed by atoms with Gasteiger partial charge in [-0.1, -0.05) is 0 Å². The van der Waals surface area contributed by atoms with Gasteiger partial charge in [0.15, 0.2) is 9.84 Å². The highest BCUT2D eigenvalue weighted by atomic mass is 32.2. The summed E-state index contributed by atoms with van der Waals surface area (Å²) in [7, 11) is -2.14. The normalized spacial score (nSPS) is 12.1. The van der Waals surface area contributed by atoms with Crippen molar-refractivity contribution in [1.82, 2.24) is 9.97 Å². The fourth-order valence-corrected chi connectivity index (χ4v) is 2.78. The Balaban J connectivity index is 2.44. The van der Waals surface area contributed by atoms with Gasteiger partial charge in [0.1, 0.15) is 17.1 Å². The molecule has 1 aromatic heterocycles. The van der Waals surface area contributed by atoms with E-state index >= 15 is 0 Å². The largest absolute Gasteiger partial charge is 0.489 e. The van der Waals surface area contributed by atoms with Crippen LogP contribution in [-0.4, -0.2) is 37.8 Å². The summed E-state index contributed by atoms with van der Waals surface area (Å²) < 4.78 is 67.9. The summed E-state index contributed by atoms with van der Waals surface area (Å²) in [5.74, 6) is -0.283. The number of rotatable bonds is 6. The first kappa shape index (κ1) is 20.7. The number of sulfone groups is 1. The summed E-state index contributed by atoms with van der Waals surface area (Å²) in [6.07, 6.45) is -3.14. The van der Waals surface area contributed by atoms with Crippen LogP contribution in [0.2, 0.25) is 0 Å². The van der Waals surface area contributed by atoms with Crippen LogP contribution in [0, 0.1) is 0 Å². The SMILES string of the molecule is CNc1nc(Nc2ccc(S(C)(=O)=O)cc2OC(C)C)ncc1C(F)(F)F. The van der Waals surface area contributed by atoms with Crippen LogP contribution in [0.15, 0.2) is 29.3 Å². The summed E-state index contributed by atoms with van der Waals surface area (Å²) in [5, 5.41) is 5.14. The fraction of sp³-hybridized carbons (Fsp3) is 0.375. The molecule has 2 aromatic rings. The fourth-order valence-electron chi connectivity index (χ4n) is 2.15. The molecule has 0 unspecified atom stereocenters. The smallest absolute Gasteiger partial charge is 0.421 e. The van der Waals surface area contributed by atoms with Crippen molar-refractivity contribution in [1.29, 1.82) is 0 Å². The Bertz CT molecular complexity index is 931. The van der Waals surface area contributed by atoms with E-state index < -0.39 is 21.6 Å². The maximum atomic E-state index is 12.9. The molecule has 0 amide bonds. The topological polar surface area (TPSA) is 93.2 Å². The molecule has 148 valence electrons. The van der Waals surface area contributed by atoms with Gasteiger partial charge < -0.3 is 15.4 Å². The number of halogens is 3. The average molecular weight is 404 g/mol. The third-order valence-corrected chi connectivity index (χ3v) is 4.43. The molecule has 27 heavy (non-hydrogen) atoms. The molecule has 0 spiro atoms. The highest BCUT2D eigenvalue weighted by Gasteiger charge is 2.35. The van der Waals surface area contributed by atoms with Gasteiger partial charge in [0.25, 0.3) is 0 Å². The van der Waals surface area contributed by atoms with Gasteiger partial charge >= 0.3 is 6.18 Å².